The highest BCUT2D eigenvalue weighted by molar-refractivity contribution is 5.97. The van der Waals surface area contributed by atoms with E-state index in [9.17, 15) is 0 Å². The number of pyridine rings is 1. The first-order chi connectivity index (χ1) is 7.29. The van der Waals surface area contributed by atoms with Gasteiger partial charge < -0.3 is 20.4 Å². The molecule has 6 heteroatoms. The standard InChI is InChI=1S/C9H11N3O3/c10-9(12-13)6-1-2-11-8(3-6)15-7-4-14-5-7/h1-3,7,13H,4-5H2,(H2,10,12). The third kappa shape index (κ3) is 2.16. The highest BCUT2D eigenvalue weighted by Crippen LogP contribution is 2.14. The number of nitrogens with two attached hydrogens (primary N) is 1. The normalized spacial score (nSPS) is 17.2. The molecule has 0 amide bonds. The van der Waals surface area contributed by atoms with Crippen LogP contribution in [0, 0.1) is 0 Å². The Morgan fingerprint density at radius 3 is 3.07 bits per heavy atom. The minimum atomic E-state index is 0.0344. The summed E-state index contributed by atoms with van der Waals surface area (Å²) < 4.78 is 10.4. The zero-order chi connectivity index (χ0) is 10.7. The van der Waals surface area contributed by atoms with E-state index in [0.717, 1.165) is 0 Å². The molecule has 0 bridgehead atoms. The molecule has 3 N–H and O–H groups in total. The molecular weight excluding hydrogens is 198 g/mol. The number of amidine groups is 1. The largest absolute Gasteiger partial charge is 0.469 e. The quantitative estimate of drug-likeness (QED) is 0.315. The fraction of sp³-hybridized carbons (Fsp3) is 0.333. The fourth-order valence-electron chi connectivity index (χ4n) is 1.14. The molecule has 1 fully saturated rings. The van der Waals surface area contributed by atoms with Crippen molar-refractivity contribution in [3.8, 4) is 5.88 Å². The van der Waals surface area contributed by atoms with Gasteiger partial charge in [-0.15, -0.1) is 0 Å². The van der Waals surface area contributed by atoms with Crippen molar-refractivity contribution in [2.45, 2.75) is 6.10 Å². The monoisotopic (exact) mass is 209 g/mol. The summed E-state index contributed by atoms with van der Waals surface area (Å²) in [5, 5.41) is 11.4. The van der Waals surface area contributed by atoms with Crippen LogP contribution < -0.4 is 10.5 Å². The van der Waals surface area contributed by atoms with E-state index in [0.29, 0.717) is 24.7 Å². The number of hydrogen-bond acceptors (Lipinski definition) is 5. The second-order valence-corrected chi connectivity index (χ2v) is 3.15. The van der Waals surface area contributed by atoms with Crippen molar-refractivity contribution < 1.29 is 14.7 Å². The van der Waals surface area contributed by atoms with Crippen LogP contribution in [0.1, 0.15) is 5.56 Å². The summed E-state index contributed by atoms with van der Waals surface area (Å²) in [6.07, 6.45) is 1.60. The fourth-order valence-corrected chi connectivity index (χ4v) is 1.14. The van der Waals surface area contributed by atoms with Crippen LogP contribution in [0.2, 0.25) is 0 Å². The van der Waals surface area contributed by atoms with Gasteiger partial charge in [0.2, 0.25) is 5.88 Å². The predicted molar refractivity (Wildman–Crippen MR) is 52.0 cm³/mol. The summed E-state index contributed by atoms with van der Waals surface area (Å²) in [5.41, 5.74) is 6.00. The predicted octanol–water partition coefficient (Wildman–Crippen LogP) is -0.0463. The summed E-state index contributed by atoms with van der Waals surface area (Å²) in [6, 6.07) is 3.26. The Balaban J connectivity index is 2.11. The third-order valence-corrected chi connectivity index (χ3v) is 2.03. The van der Waals surface area contributed by atoms with Crippen molar-refractivity contribution >= 4 is 5.84 Å². The number of hydrogen-bond donors (Lipinski definition) is 2. The third-order valence-electron chi connectivity index (χ3n) is 2.03. The molecule has 1 aliphatic rings. The van der Waals surface area contributed by atoms with Crippen molar-refractivity contribution in [2.24, 2.45) is 10.9 Å². The first-order valence-electron chi connectivity index (χ1n) is 4.48. The molecule has 0 aliphatic carbocycles. The van der Waals surface area contributed by atoms with E-state index in [2.05, 4.69) is 10.1 Å². The second kappa shape index (κ2) is 4.14. The van der Waals surface area contributed by atoms with E-state index in [1.807, 2.05) is 0 Å². The van der Waals surface area contributed by atoms with Gasteiger partial charge in [-0.05, 0) is 6.07 Å². The average Bonchev–Trinajstić information content (AvgIpc) is 2.23. The molecule has 2 heterocycles. The summed E-state index contributed by atoms with van der Waals surface area (Å²) in [4.78, 5) is 4.01. The smallest absolute Gasteiger partial charge is 0.214 e. The number of rotatable bonds is 3. The average molecular weight is 209 g/mol. The summed E-state index contributed by atoms with van der Waals surface area (Å²) >= 11 is 0. The SMILES string of the molecule is N/C(=N/O)c1ccnc(OC2COC2)c1. The van der Waals surface area contributed by atoms with Crippen LogP contribution in [0.25, 0.3) is 0 Å². The summed E-state index contributed by atoms with van der Waals surface area (Å²) in [5.74, 6) is 0.486. The van der Waals surface area contributed by atoms with Gasteiger partial charge in [-0.3, -0.25) is 0 Å². The zero-order valence-electron chi connectivity index (χ0n) is 7.96. The molecule has 0 saturated carbocycles. The molecule has 1 aromatic heterocycles. The maximum Gasteiger partial charge on any atom is 0.214 e. The van der Waals surface area contributed by atoms with Gasteiger partial charge in [0.25, 0.3) is 0 Å². The minimum Gasteiger partial charge on any atom is -0.469 e. The van der Waals surface area contributed by atoms with Crippen molar-refractivity contribution in [3.63, 3.8) is 0 Å². The first kappa shape index (κ1) is 9.72. The molecule has 0 spiro atoms. The van der Waals surface area contributed by atoms with E-state index in [4.69, 9.17) is 20.4 Å². The molecule has 0 atom stereocenters. The van der Waals surface area contributed by atoms with Crippen LogP contribution >= 0.6 is 0 Å². The van der Waals surface area contributed by atoms with Crippen LogP contribution in [0.5, 0.6) is 5.88 Å². The Bertz CT molecular complexity index is 377. The first-order valence-corrected chi connectivity index (χ1v) is 4.48. The van der Waals surface area contributed by atoms with Gasteiger partial charge in [0.05, 0.1) is 13.2 Å². The molecule has 80 valence electrons. The van der Waals surface area contributed by atoms with Crippen molar-refractivity contribution in [2.75, 3.05) is 13.2 Å². The molecule has 0 unspecified atom stereocenters. The number of nitrogens with zero attached hydrogens (tertiary/aromatic N) is 2. The second-order valence-electron chi connectivity index (χ2n) is 3.15. The van der Waals surface area contributed by atoms with Crippen LogP contribution in [0.3, 0.4) is 0 Å². The molecule has 0 aromatic carbocycles. The van der Waals surface area contributed by atoms with Crippen molar-refractivity contribution in [1.82, 2.24) is 4.98 Å². The minimum absolute atomic E-state index is 0.0344. The van der Waals surface area contributed by atoms with E-state index in [1.165, 1.54) is 0 Å². The van der Waals surface area contributed by atoms with Crippen molar-refractivity contribution in [1.29, 1.82) is 0 Å². The van der Waals surface area contributed by atoms with Gasteiger partial charge in [0.1, 0.15) is 6.10 Å². The topological polar surface area (TPSA) is 90.0 Å². The van der Waals surface area contributed by atoms with Gasteiger partial charge in [-0.2, -0.15) is 0 Å². The Labute approximate surface area is 86.3 Å². The van der Waals surface area contributed by atoms with E-state index in [1.54, 1.807) is 18.3 Å². The van der Waals surface area contributed by atoms with Gasteiger partial charge in [0.15, 0.2) is 5.84 Å². The summed E-state index contributed by atoms with van der Waals surface area (Å²) in [6.45, 7) is 1.16. The highest BCUT2D eigenvalue weighted by atomic mass is 16.6. The van der Waals surface area contributed by atoms with Crippen LogP contribution in [-0.4, -0.2) is 35.3 Å². The van der Waals surface area contributed by atoms with Crippen LogP contribution in [0.4, 0.5) is 0 Å². The molecule has 6 nitrogen and oxygen atoms in total. The van der Waals surface area contributed by atoms with E-state index >= 15 is 0 Å². The lowest BCUT2D eigenvalue weighted by Crippen LogP contribution is -2.38. The molecule has 1 aromatic rings. The van der Waals surface area contributed by atoms with Crippen LogP contribution in [-0.2, 0) is 4.74 Å². The maximum absolute atomic E-state index is 8.50. The van der Waals surface area contributed by atoms with E-state index < -0.39 is 0 Å². The summed E-state index contributed by atoms with van der Waals surface area (Å²) in [7, 11) is 0. The zero-order valence-corrected chi connectivity index (χ0v) is 7.96. The van der Waals surface area contributed by atoms with Gasteiger partial charge >= 0.3 is 0 Å². The molecular formula is C9H11N3O3. The van der Waals surface area contributed by atoms with Gasteiger partial charge in [-0.1, -0.05) is 5.16 Å². The van der Waals surface area contributed by atoms with Gasteiger partial charge in [0, 0.05) is 17.8 Å². The maximum atomic E-state index is 8.50. The lowest BCUT2D eigenvalue weighted by atomic mass is 10.2. The Kier molecular flexibility index (Phi) is 2.68. The lowest BCUT2D eigenvalue weighted by Gasteiger charge is -2.26. The highest BCUT2D eigenvalue weighted by Gasteiger charge is 2.20. The number of ether oxygens (including phenoxy) is 2. The molecule has 2 rings (SSSR count). The number of oxime groups is 1. The Morgan fingerprint density at radius 2 is 2.47 bits per heavy atom. The number of aromatic nitrogens is 1. The van der Waals surface area contributed by atoms with Crippen molar-refractivity contribution in [3.05, 3.63) is 23.9 Å². The molecule has 1 saturated heterocycles. The Hall–Kier alpha value is -1.82. The Morgan fingerprint density at radius 1 is 1.67 bits per heavy atom. The lowest BCUT2D eigenvalue weighted by molar-refractivity contribution is -0.0813. The van der Waals surface area contributed by atoms with Crippen LogP contribution in [0.15, 0.2) is 23.5 Å². The molecule has 0 radical (unpaired) electrons. The molecule has 1 aliphatic heterocycles. The van der Waals surface area contributed by atoms with E-state index in [-0.39, 0.29) is 11.9 Å². The van der Waals surface area contributed by atoms with Gasteiger partial charge in [-0.25, -0.2) is 4.98 Å². The molecule has 15 heavy (non-hydrogen) atoms.